The van der Waals surface area contributed by atoms with E-state index in [2.05, 4.69) is 13.2 Å². The van der Waals surface area contributed by atoms with Gasteiger partial charge in [-0.15, -0.1) is 0 Å². The van der Waals surface area contributed by atoms with Crippen LogP contribution >= 0.6 is 0 Å². The molecule has 7 nitrogen and oxygen atoms in total. The molecule has 0 saturated carbocycles. The number of aldehydes is 1. The summed E-state index contributed by atoms with van der Waals surface area (Å²) in [6.07, 6.45) is 19.2. The van der Waals surface area contributed by atoms with Gasteiger partial charge in [-0.25, -0.2) is 18.4 Å². The van der Waals surface area contributed by atoms with Gasteiger partial charge < -0.3 is 19.0 Å². The molecule has 0 unspecified atom stereocenters. The highest BCUT2D eigenvalue weighted by Crippen LogP contribution is 2.39. The average molecular weight is 725 g/mol. The summed E-state index contributed by atoms with van der Waals surface area (Å²) in [5.74, 6) is -3.03. The molecule has 0 N–H and O–H groups in total. The second kappa shape index (κ2) is 26.6. The summed E-state index contributed by atoms with van der Waals surface area (Å²) in [4.78, 5) is 47.5. The first-order valence-electron chi connectivity index (χ1n) is 19.0. The van der Waals surface area contributed by atoms with E-state index >= 15 is 0 Å². The van der Waals surface area contributed by atoms with Gasteiger partial charge in [0.15, 0.2) is 11.6 Å². The minimum absolute atomic E-state index is 0.148. The Morgan fingerprint density at radius 2 is 1.06 bits per heavy atom. The Bertz CT molecular complexity index is 1340. The van der Waals surface area contributed by atoms with Gasteiger partial charge in [-0.2, -0.15) is 0 Å². The van der Waals surface area contributed by atoms with Crippen LogP contribution in [-0.4, -0.2) is 44.0 Å². The Balaban J connectivity index is 2.18. The lowest BCUT2D eigenvalue weighted by Gasteiger charge is -2.33. The number of benzene rings is 2. The predicted octanol–water partition coefficient (Wildman–Crippen LogP) is 10.5. The molecule has 0 heterocycles. The van der Waals surface area contributed by atoms with E-state index in [4.69, 9.17) is 14.2 Å². The number of ether oxygens (including phenoxy) is 3. The molecule has 9 heteroatoms. The van der Waals surface area contributed by atoms with Gasteiger partial charge in [-0.1, -0.05) is 127 Å². The normalized spacial score (nSPS) is 11.1. The average Bonchev–Trinajstić information content (AvgIpc) is 3.16. The molecule has 0 aliphatic rings. The SMILES string of the molecule is C=CC(=O)OCCCCCCC(CCCCCCOC(=O)C=C)(C(=O)OCCCCCCCCCCC=O)c1ccc(-c2cccc(F)c2F)cc1. The van der Waals surface area contributed by atoms with Gasteiger partial charge in [0.1, 0.15) is 6.29 Å². The molecular weight excluding hydrogens is 666 g/mol. The predicted molar refractivity (Wildman–Crippen MR) is 201 cm³/mol. The molecule has 0 radical (unpaired) electrons. The smallest absolute Gasteiger partial charge is 0.330 e. The van der Waals surface area contributed by atoms with Crippen LogP contribution in [0.4, 0.5) is 8.78 Å². The van der Waals surface area contributed by atoms with Crippen molar-refractivity contribution in [1.29, 1.82) is 0 Å². The Labute approximate surface area is 309 Å². The van der Waals surface area contributed by atoms with E-state index < -0.39 is 29.0 Å². The minimum atomic E-state index is -0.953. The van der Waals surface area contributed by atoms with E-state index in [1.807, 2.05) is 12.1 Å². The highest BCUT2D eigenvalue weighted by atomic mass is 19.2. The lowest BCUT2D eigenvalue weighted by molar-refractivity contribution is -0.152. The van der Waals surface area contributed by atoms with Crippen molar-refractivity contribution >= 4 is 24.2 Å². The number of hydrogen-bond donors (Lipinski definition) is 0. The molecule has 0 aliphatic heterocycles. The number of carbonyl (C=O) groups excluding carboxylic acids is 4. The first-order valence-corrected chi connectivity index (χ1v) is 19.0. The van der Waals surface area contributed by atoms with E-state index in [0.29, 0.717) is 57.5 Å². The third-order valence-corrected chi connectivity index (χ3v) is 9.36. The van der Waals surface area contributed by atoms with Crippen LogP contribution in [0, 0.1) is 11.6 Å². The summed E-state index contributed by atoms with van der Waals surface area (Å²) >= 11 is 0. The third-order valence-electron chi connectivity index (χ3n) is 9.36. The van der Waals surface area contributed by atoms with E-state index in [1.165, 1.54) is 12.1 Å². The summed E-state index contributed by atoms with van der Waals surface area (Å²) in [6.45, 7) is 7.76. The van der Waals surface area contributed by atoms with Gasteiger partial charge in [0, 0.05) is 24.1 Å². The third kappa shape index (κ3) is 16.5. The van der Waals surface area contributed by atoms with Crippen molar-refractivity contribution in [1.82, 2.24) is 0 Å². The zero-order valence-electron chi connectivity index (χ0n) is 30.9. The van der Waals surface area contributed by atoms with Crippen molar-refractivity contribution in [2.24, 2.45) is 0 Å². The fourth-order valence-electron chi connectivity index (χ4n) is 6.35. The number of rotatable bonds is 30. The van der Waals surface area contributed by atoms with Crippen LogP contribution in [0.15, 0.2) is 67.8 Å². The van der Waals surface area contributed by atoms with Crippen molar-refractivity contribution in [3.8, 4) is 11.1 Å². The van der Waals surface area contributed by atoms with Crippen LogP contribution in [0.25, 0.3) is 11.1 Å². The maximum absolute atomic E-state index is 14.7. The first kappa shape index (κ1) is 44.0. The van der Waals surface area contributed by atoms with Gasteiger partial charge in [0.05, 0.1) is 25.2 Å². The van der Waals surface area contributed by atoms with E-state index in [-0.39, 0.29) is 11.5 Å². The molecule has 0 spiro atoms. The first-order chi connectivity index (χ1) is 25.3. The van der Waals surface area contributed by atoms with Gasteiger partial charge in [0.2, 0.25) is 0 Å². The topological polar surface area (TPSA) is 96.0 Å². The molecular formula is C43H58F2O7. The maximum atomic E-state index is 14.7. The van der Waals surface area contributed by atoms with E-state index in [0.717, 1.165) is 120 Å². The van der Waals surface area contributed by atoms with Crippen molar-refractivity contribution in [3.05, 3.63) is 85.0 Å². The molecule has 0 aliphatic carbocycles. The fourth-order valence-corrected chi connectivity index (χ4v) is 6.35. The number of hydrogen-bond acceptors (Lipinski definition) is 7. The van der Waals surface area contributed by atoms with Gasteiger partial charge in [0.25, 0.3) is 0 Å². The van der Waals surface area contributed by atoms with Crippen LogP contribution in [0.5, 0.6) is 0 Å². The monoisotopic (exact) mass is 724 g/mol. The maximum Gasteiger partial charge on any atom is 0.330 e. The molecule has 0 atom stereocenters. The zero-order chi connectivity index (χ0) is 37.9. The quantitative estimate of drug-likeness (QED) is 0.0260. The van der Waals surface area contributed by atoms with Crippen LogP contribution in [0.1, 0.15) is 128 Å². The number of esters is 3. The summed E-state index contributed by atoms with van der Waals surface area (Å²) in [5, 5.41) is 0. The van der Waals surface area contributed by atoms with E-state index in [1.54, 1.807) is 12.1 Å². The minimum Gasteiger partial charge on any atom is -0.465 e. The molecule has 2 aromatic rings. The highest BCUT2D eigenvalue weighted by molar-refractivity contribution is 5.84. The second-order valence-corrected chi connectivity index (χ2v) is 13.3. The molecule has 0 saturated heterocycles. The van der Waals surface area contributed by atoms with Gasteiger partial charge in [-0.3, -0.25) is 4.79 Å². The fraction of sp³-hybridized carbons (Fsp3) is 0.535. The summed E-state index contributed by atoms with van der Waals surface area (Å²) < 4.78 is 45.0. The van der Waals surface area contributed by atoms with Crippen LogP contribution < -0.4 is 0 Å². The number of carbonyl (C=O) groups is 4. The van der Waals surface area contributed by atoms with Gasteiger partial charge in [-0.05, 0) is 55.7 Å². The molecule has 2 aromatic carbocycles. The van der Waals surface area contributed by atoms with Gasteiger partial charge >= 0.3 is 17.9 Å². The zero-order valence-corrected chi connectivity index (χ0v) is 30.9. The largest absolute Gasteiger partial charge is 0.465 e. The molecule has 0 fully saturated rings. The highest BCUT2D eigenvalue weighted by Gasteiger charge is 2.40. The Morgan fingerprint density at radius 3 is 1.56 bits per heavy atom. The van der Waals surface area contributed by atoms with Crippen LogP contribution in [0.2, 0.25) is 0 Å². The summed E-state index contributed by atoms with van der Waals surface area (Å²) in [6, 6.07) is 11.2. The van der Waals surface area contributed by atoms with E-state index in [9.17, 15) is 28.0 Å². The molecule has 52 heavy (non-hydrogen) atoms. The number of halogens is 2. The second-order valence-electron chi connectivity index (χ2n) is 13.3. The van der Waals surface area contributed by atoms with Crippen LogP contribution in [-0.2, 0) is 38.8 Å². The Hall–Kier alpha value is -4.14. The summed E-state index contributed by atoms with van der Waals surface area (Å²) in [7, 11) is 0. The molecule has 0 bridgehead atoms. The molecule has 0 amide bonds. The van der Waals surface area contributed by atoms with Crippen molar-refractivity contribution in [3.63, 3.8) is 0 Å². The molecule has 0 aromatic heterocycles. The molecule has 2 rings (SSSR count). The standard InChI is InChI=1S/C43H58F2O7/c1-3-39(47)50-32-19-14-10-16-29-43(30-17-11-15-20-33-51-40(48)4-2,42(49)52-34-21-13-9-7-5-6-8-12-18-31-46)36-27-25-35(26-28-36)37-23-22-24-38(44)41(37)45/h3-4,22-28,31H,1-2,5-21,29-30,32-34H2. The Kier molecular flexibility index (Phi) is 22.5. The van der Waals surface area contributed by atoms with Crippen LogP contribution in [0.3, 0.4) is 0 Å². The van der Waals surface area contributed by atoms with Crippen molar-refractivity contribution in [2.75, 3.05) is 19.8 Å². The number of unbranched alkanes of at least 4 members (excludes halogenated alkanes) is 14. The molecule has 286 valence electrons. The Morgan fingerprint density at radius 1 is 0.596 bits per heavy atom. The van der Waals surface area contributed by atoms with Crippen molar-refractivity contribution in [2.45, 2.75) is 127 Å². The summed E-state index contributed by atoms with van der Waals surface area (Å²) in [5.41, 5.74) is 0.475. The van der Waals surface area contributed by atoms with Crippen molar-refractivity contribution < 1.29 is 42.2 Å². The lowest BCUT2D eigenvalue weighted by atomic mass is 9.72. The lowest BCUT2D eigenvalue weighted by Crippen LogP contribution is -2.38.